The van der Waals surface area contributed by atoms with Gasteiger partial charge in [-0.05, 0) is 0 Å². The Labute approximate surface area is 32.7 Å². The van der Waals surface area contributed by atoms with Gasteiger partial charge in [0.25, 0.3) is 0 Å². The van der Waals surface area contributed by atoms with E-state index in [1.165, 1.54) is 0 Å². The summed E-state index contributed by atoms with van der Waals surface area (Å²) in [5, 5.41) is 0. The second kappa shape index (κ2) is 4.08. The van der Waals surface area contributed by atoms with E-state index < -0.39 is 9.88 Å². The van der Waals surface area contributed by atoms with Gasteiger partial charge in [-0.25, -0.2) is 0 Å². The van der Waals surface area contributed by atoms with E-state index in [9.17, 15) is 0 Å². The van der Waals surface area contributed by atoms with Crippen LogP contribution in [-0.2, 0) is 9.88 Å². The molecule has 0 aromatic heterocycles. The Kier molecular flexibility index (Phi) is 7.27. The van der Waals surface area contributed by atoms with Crippen molar-refractivity contribution in [3.8, 4) is 0 Å². The molecule has 32 valence electrons. The highest BCUT2D eigenvalue weighted by Gasteiger charge is 1.30. The zero-order valence-corrected chi connectivity index (χ0v) is 4.04. The SMILES string of the molecule is O.O=S(=O)=P. The number of hydrogen-bond donors (Lipinski definition) is 0. The van der Waals surface area contributed by atoms with Gasteiger partial charge in [-0.15, -0.1) is 0 Å². The maximum absolute atomic E-state index is 8.91. The van der Waals surface area contributed by atoms with Crippen molar-refractivity contribution in [3.05, 3.63) is 0 Å². The van der Waals surface area contributed by atoms with Gasteiger partial charge >= 0.3 is 0 Å². The van der Waals surface area contributed by atoms with Crippen LogP contribution in [0.25, 0.3) is 0 Å². The Balaban J connectivity index is 0. The molecule has 0 amide bonds. The maximum Gasteiger partial charge on any atom is 0.231 e. The summed E-state index contributed by atoms with van der Waals surface area (Å²) < 4.78 is 17.8. The molecule has 0 aliphatic rings. The van der Waals surface area contributed by atoms with Gasteiger partial charge in [0.1, 0.15) is 0 Å². The summed E-state index contributed by atoms with van der Waals surface area (Å²) in [7, 11) is 0.173. The molecule has 2 N–H and O–H groups in total. The normalized spacial score (nSPS) is 4.80. The van der Waals surface area contributed by atoms with Crippen molar-refractivity contribution in [1.82, 2.24) is 0 Å². The fourth-order valence-corrected chi connectivity index (χ4v) is 0. The van der Waals surface area contributed by atoms with Crippen LogP contribution in [0.15, 0.2) is 0 Å². The van der Waals surface area contributed by atoms with E-state index in [0.717, 1.165) is 0 Å². The van der Waals surface area contributed by atoms with Crippen molar-refractivity contribution in [2.24, 2.45) is 0 Å². The molecule has 5 heavy (non-hydrogen) atoms. The Morgan fingerprint density at radius 3 is 1.40 bits per heavy atom. The summed E-state index contributed by atoms with van der Waals surface area (Å²) >= 11 is 0. The van der Waals surface area contributed by atoms with E-state index in [2.05, 4.69) is 8.02 Å². The molecule has 3 nitrogen and oxygen atoms in total. The molecule has 0 saturated carbocycles. The minimum atomic E-state index is -2.06. The van der Waals surface area contributed by atoms with Gasteiger partial charge in [-0.1, -0.05) is 0 Å². The number of rotatable bonds is 0. The summed E-state index contributed by atoms with van der Waals surface area (Å²) in [4.78, 5) is 0. The summed E-state index contributed by atoms with van der Waals surface area (Å²) in [6.45, 7) is 0. The molecule has 0 bridgehead atoms. The second-order valence-corrected chi connectivity index (χ2v) is 1.70. The lowest BCUT2D eigenvalue weighted by molar-refractivity contribution is 0.628. The quantitative estimate of drug-likeness (QED) is 0.383. The van der Waals surface area contributed by atoms with Gasteiger partial charge in [0.2, 0.25) is 9.88 Å². The molecule has 5 heteroatoms. The molecule has 0 fully saturated rings. The molecule has 0 radical (unpaired) electrons. The van der Waals surface area contributed by atoms with Crippen molar-refractivity contribution in [2.75, 3.05) is 0 Å². The fourth-order valence-electron chi connectivity index (χ4n) is 0. The third-order valence-electron chi connectivity index (χ3n) is 0. The highest BCUT2D eigenvalue weighted by molar-refractivity contribution is 7.98. The Morgan fingerprint density at radius 2 is 1.40 bits per heavy atom. The van der Waals surface area contributed by atoms with Crippen molar-refractivity contribution >= 4 is 17.9 Å². The van der Waals surface area contributed by atoms with Crippen LogP contribution in [0.2, 0.25) is 0 Å². The second-order valence-electron chi connectivity index (χ2n) is 0.235. The average molecular weight is 114 g/mol. The Hall–Kier alpha value is 0.0800. The largest absolute Gasteiger partial charge is 0.412 e. The molecule has 0 aromatic rings. The third-order valence-corrected chi connectivity index (χ3v) is 0. The first-order valence-electron chi connectivity index (χ1n) is 0.537. The van der Waals surface area contributed by atoms with Crippen LogP contribution in [0.1, 0.15) is 0 Å². The molecule has 0 aliphatic heterocycles. The molecule has 0 aliphatic carbocycles. The van der Waals surface area contributed by atoms with Gasteiger partial charge in [-0.3, -0.25) is 0 Å². The van der Waals surface area contributed by atoms with Gasteiger partial charge in [-0.2, -0.15) is 8.42 Å². The van der Waals surface area contributed by atoms with Crippen molar-refractivity contribution in [2.45, 2.75) is 0 Å². The van der Waals surface area contributed by atoms with Gasteiger partial charge in [0.05, 0.1) is 0 Å². The summed E-state index contributed by atoms with van der Waals surface area (Å²) in [5.41, 5.74) is 0. The first-order valence-corrected chi connectivity index (χ1v) is 2.84. The van der Waals surface area contributed by atoms with E-state index in [4.69, 9.17) is 8.42 Å². The zero-order chi connectivity index (χ0) is 3.58. The Bertz CT molecular complexity index is 76.3. The minimum absolute atomic E-state index is 0. The van der Waals surface area contributed by atoms with Gasteiger partial charge < -0.3 is 5.48 Å². The zero-order valence-electron chi connectivity index (χ0n) is 2.22. The predicted octanol–water partition coefficient (Wildman–Crippen LogP) is -0.901. The molecule has 0 unspecified atom stereocenters. The highest BCUT2D eigenvalue weighted by Crippen LogP contribution is 1.44. The minimum Gasteiger partial charge on any atom is -0.412 e. The van der Waals surface area contributed by atoms with E-state index in [-0.39, 0.29) is 5.48 Å². The van der Waals surface area contributed by atoms with Crippen molar-refractivity contribution in [3.63, 3.8) is 0 Å². The van der Waals surface area contributed by atoms with Crippen LogP contribution < -0.4 is 0 Å². The van der Waals surface area contributed by atoms with Crippen LogP contribution in [0, 0.1) is 0 Å². The van der Waals surface area contributed by atoms with E-state index >= 15 is 0 Å². The van der Waals surface area contributed by atoms with E-state index in [0.29, 0.717) is 0 Å². The predicted molar refractivity (Wildman–Crippen MR) is 20.8 cm³/mol. The molecule has 0 saturated heterocycles. The molecular weight excluding hydrogens is 111 g/mol. The first kappa shape index (κ1) is 8.91. The molecule has 0 rings (SSSR count). The lowest BCUT2D eigenvalue weighted by Crippen LogP contribution is -1.28. The molecule has 0 spiro atoms. The van der Waals surface area contributed by atoms with Crippen LogP contribution in [-0.4, -0.2) is 13.9 Å². The number of hydrogen-bond acceptors (Lipinski definition) is 2. The molecular formula is H3O3PS. The molecule has 0 heterocycles. The lowest BCUT2D eigenvalue weighted by Gasteiger charge is -1.18. The summed E-state index contributed by atoms with van der Waals surface area (Å²) in [6, 6.07) is 0. The summed E-state index contributed by atoms with van der Waals surface area (Å²) in [6.07, 6.45) is 0. The van der Waals surface area contributed by atoms with Crippen molar-refractivity contribution in [1.29, 1.82) is 0 Å². The average Bonchev–Trinajstić information content (AvgIpc) is 0.811. The van der Waals surface area contributed by atoms with Crippen LogP contribution in [0.4, 0.5) is 0 Å². The maximum atomic E-state index is 8.91. The lowest BCUT2D eigenvalue weighted by atomic mass is 15.9. The monoisotopic (exact) mass is 114 g/mol. The molecule has 0 aromatic carbocycles. The Morgan fingerprint density at radius 1 is 1.40 bits per heavy atom. The highest BCUT2D eigenvalue weighted by atomic mass is 32.5. The van der Waals surface area contributed by atoms with Crippen molar-refractivity contribution < 1.29 is 13.9 Å². The standard InChI is InChI=1S/HO2PS.H2O/c1-4(2)3;/h3H;1H2. The van der Waals surface area contributed by atoms with Crippen LogP contribution >= 0.6 is 8.02 Å². The van der Waals surface area contributed by atoms with E-state index in [1.807, 2.05) is 0 Å². The topological polar surface area (TPSA) is 65.6 Å². The smallest absolute Gasteiger partial charge is 0.231 e. The molecule has 0 atom stereocenters. The summed E-state index contributed by atoms with van der Waals surface area (Å²) in [5.74, 6) is 0. The van der Waals surface area contributed by atoms with Gasteiger partial charge in [0, 0.05) is 8.02 Å². The third kappa shape index (κ3) is 2760. The first-order chi connectivity index (χ1) is 1.73. The van der Waals surface area contributed by atoms with Crippen LogP contribution in [0.3, 0.4) is 0 Å². The van der Waals surface area contributed by atoms with E-state index in [1.54, 1.807) is 0 Å². The van der Waals surface area contributed by atoms with Crippen LogP contribution in [0.5, 0.6) is 0 Å². The fraction of sp³-hybridized carbons (Fsp3) is 0. The van der Waals surface area contributed by atoms with Gasteiger partial charge in [0.15, 0.2) is 0 Å².